The number of rotatable bonds is 4. The number of carbonyl (C=O) groups excluding carboxylic acids is 1. The van der Waals surface area contributed by atoms with E-state index in [1.807, 2.05) is 17.4 Å². The van der Waals surface area contributed by atoms with E-state index in [2.05, 4.69) is 20.6 Å². The minimum Gasteiger partial charge on any atom is -0.465 e. The molecular formula is C24H25F2N5O4S. The van der Waals surface area contributed by atoms with E-state index in [9.17, 15) is 23.5 Å². The number of hydrogen-bond acceptors (Lipinski definition) is 7. The number of hydrogen-bond donors (Lipinski definition) is 5. The number of aromatic nitrogens is 2. The number of halogens is 2. The second kappa shape index (κ2) is 11.6. The van der Waals surface area contributed by atoms with Gasteiger partial charge in [-0.1, -0.05) is 12.8 Å². The van der Waals surface area contributed by atoms with Crippen molar-refractivity contribution < 1.29 is 28.6 Å². The first-order chi connectivity index (χ1) is 17.3. The number of anilines is 2. The third-order valence-electron chi connectivity index (χ3n) is 5.81. The summed E-state index contributed by atoms with van der Waals surface area (Å²) in [5, 5.41) is 26.8. The third kappa shape index (κ3) is 6.45. The van der Waals surface area contributed by atoms with Crippen LogP contribution in [0.5, 0.6) is 0 Å². The number of amides is 2. The molecule has 0 unspecified atom stereocenters. The number of fused-ring (bicyclic) bond motifs is 2. The molecule has 9 nitrogen and oxygen atoms in total. The summed E-state index contributed by atoms with van der Waals surface area (Å²) in [5.41, 5.74) is 0.910. The molecule has 0 saturated heterocycles. The van der Waals surface area contributed by atoms with Gasteiger partial charge in [-0.05, 0) is 37.1 Å². The highest BCUT2D eigenvalue weighted by Gasteiger charge is 2.23. The van der Waals surface area contributed by atoms with E-state index in [0.717, 1.165) is 35.9 Å². The zero-order chi connectivity index (χ0) is 25.7. The summed E-state index contributed by atoms with van der Waals surface area (Å²) in [6.07, 6.45) is 3.85. The fraction of sp³-hybridized carbons (Fsp3) is 0.333. The van der Waals surface area contributed by atoms with Gasteiger partial charge >= 0.3 is 6.09 Å². The zero-order valence-electron chi connectivity index (χ0n) is 19.1. The van der Waals surface area contributed by atoms with Gasteiger partial charge in [-0.15, -0.1) is 11.8 Å². The molecule has 5 rings (SSSR count). The van der Waals surface area contributed by atoms with E-state index in [0.29, 0.717) is 24.2 Å². The molecule has 36 heavy (non-hydrogen) atoms. The van der Waals surface area contributed by atoms with Gasteiger partial charge in [-0.3, -0.25) is 15.1 Å². The van der Waals surface area contributed by atoms with Gasteiger partial charge in [0.1, 0.15) is 17.2 Å². The van der Waals surface area contributed by atoms with E-state index in [4.69, 9.17) is 5.11 Å². The molecule has 1 saturated carbocycles. The van der Waals surface area contributed by atoms with Crippen LogP contribution in [0.25, 0.3) is 10.9 Å². The Labute approximate surface area is 209 Å². The summed E-state index contributed by atoms with van der Waals surface area (Å²) in [6.45, 7) is 0.621. The van der Waals surface area contributed by atoms with Crippen molar-refractivity contribution in [3.05, 3.63) is 53.9 Å². The van der Waals surface area contributed by atoms with Crippen molar-refractivity contribution >= 4 is 46.2 Å². The second-order valence-corrected chi connectivity index (χ2v) is 9.42. The van der Waals surface area contributed by atoms with Crippen LogP contribution >= 0.6 is 11.8 Å². The van der Waals surface area contributed by atoms with E-state index >= 15 is 0 Å². The molecule has 1 aliphatic heterocycles. The lowest BCUT2D eigenvalue weighted by Gasteiger charge is -2.28. The normalized spacial score (nSPS) is 19.0. The van der Waals surface area contributed by atoms with Crippen LogP contribution in [-0.2, 0) is 11.3 Å². The molecule has 2 atom stereocenters. The largest absolute Gasteiger partial charge is 0.465 e. The molecule has 1 aliphatic carbocycles. The van der Waals surface area contributed by atoms with Gasteiger partial charge in [0.05, 0.1) is 28.1 Å². The van der Waals surface area contributed by atoms with Crippen molar-refractivity contribution in [1.29, 1.82) is 0 Å². The van der Waals surface area contributed by atoms with Gasteiger partial charge in [0.15, 0.2) is 5.82 Å². The Hall–Kier alpha value is -3.35. The summed E-state index contributed by atoms with van der Waals surface area (Å²) in [7, 11) is 0. The molecule has 190 valence electrons. The number of nitrogens with zero attached hydrogens (tertiary/aromatic N) is 2. The smallest absolute Gasteiger partial charge is 0.409 e. The SMILES string of the molecule is O=C(O)Nc1ccnc2c(F)cc(F)cc12.O=C1CSc2ccc(CN[C@@H]3CCCC[C@H]3O)nc2N1. The van der Waals surface area contributed by atoms with Crippen molar-refractivity contribution in [3.8, 4) is 0 Å². The molecule has 12 heteroatoms. The molecule has 3 aromatic rings. The van der Waals surface area contributed by atoms with Crippen LogP contribution in [0.3, 0.4) is 0 Å². The molecule has 1 fully saturated rings. The van der Waals surface area contributed by atoms with Crippen molar-refractivity contribution in [2.24, 2.45) is 0 Å². The second-order valence-electron chi connectivity index (χ2n) is 8.40. The minimum absolute atomic E-state index is 0.00260. The van der Waals surface area contributed by atoms with Crippen molar-refractivity contribution in [1.82, 2.24) is 15.3 Å². The number of carbonyl (C=O) groups is 2. The first-order valence-electron chi connectivity index (χ1n) is 11.4. The van der Waals surface area contributed by atoms with Crippen LogP contribution in [0, 0.1) is 11.6 Å². The Bertz CT molecular complexity index is 1280. The van der Waals surface area contributed by atoms with Crippen molar-refractivity contribution in [2.45, 2.75) is 49.3 Å². The summed E-state index contributed by atoms with van der Waals surface area (Å²) < 4.78 is 26.3. The summed E-state index contributed by atoms with van der Waals surface area (Å²) in [6, 6.07) is 7.18. The monoisotopic (exact) mass is 517 g/mol. The lowest BCUT2D eigenvalue weighted by Crippen LogP contribution is -2.41. The van der Waals surface area contributed by atoms with Crippen LogP contribution in [0.1, 0.15) is 31.4 Å². The van der Waals surface area contributed by atoms with Crippen LogP contribution in [0.4, 0.5) is 25.1 Å². The van der Waals surface area contributed by atoms with Crippen LogP contribution in [-0.4, -0.2) is 50.1 Å². The number of aliphatic hydroxyl groups is 1. The average Bonchev–Trinajstić information content (AvgIpc) is 2.84. The lowest BCUT2D eigenvalue weighted by atomic mass is 9.92. The molecule has 0 bridgehead atoms. The van der Waals surface area contributed by atoms with Crippen LogP contribution in [0.15, 0.2) is 41.4 Å². The highest BCUT2D eigenvalue weighted by atomic mass is 32.2. The highest BCUT2D eigenvalue weighted by molar-refractivity contribution is 8.00. The number of thioether (sulfide) groups is 1. The Morgan fingerprint density at radius 3 is 2.78 bits per heavy atom. The Morgan fingerprint density at radius 1 is 1.19 bits per heavy atom. The molecule has 0 spiro atoms. The van der Waals surface area contributed by atoms with E-state index < -0.39 is 17.7 Å². The predicted octanol–water partition coefficient (Wildman–Crippen LogP) is 4.12. The average molecular weight is 518 g/mol. The molecular weight excluding hydrogens is 492 g/mol. The molecule has 3 heterocycles. The quantitative estimate of drug-likeness (QED) is 0.349. The summed E-state index contributed by atoms with van der Waals surface area (Å²) >= 11 is 1.52. The third-order valence-corrected chi connectivity index (χ3v) is 6.86. The van der Waals surface area contributed by atoms with Crippen LogP contribution < -0.4 is 16.0 Å². The summed E-state index contributed by atoms with van der Waals surface area (Å²) in [5.74, 6) is -0.492. The topological polar surface area (TPSA) is 136 Å². The van der Waals surface area contributed by atoms with Crippen LogP contribution in [0.2, 0.25) is 0 Å². The fourth-order valence-electron chi connectivity index (χ4n) is 4.09. The molecule has 1 aromatic carbocycles. The number of carboxylic acid groups (broad SMARTS) is 1. The fourth-order valence-corrected chi connectivity index (χ4v) is 4.85. The minimum atomic E-state index is -1.31. The maximum atomic E-state index is 13.3. The standard InChI is InChI=1S/C14H19N3O2S.C10H6F2N2O2/c18-11-4-2-1-3-10(11)15-7-9-5-6-12-14(16-9)17-13(19)8-20-12;11-5-3-6-8(14-10(15)16)1-2-13-9(6)7(12)4-5/h5-6,10-11,15,18H,1-4,7-8H2,(H,16,17,19);1-4H,(H,13,14)(H,15,16)/t10-,11-;/m1./s1. The first kappa shape index (κ1) is 25.7. The molecule has 5 N–H and O–H groups in total. The van der Waals surface area contributed by atoms with E-state index in [1.165, 1.54) is 30.4 Å². The Morgan fingerprint density at radius 2 is 2.00 bits per heavy atom. The van der Waals surface area contributed by atoms with E-state index in [1.54, 1.807) is 0 Å². The maximum Gasteiger partial charge on any atom is 0.409 e. The summed E-state index contributed by atoms with van der Waals surface area (Å²) in [4.78, 5) is 31.0. The van der Waals surface area contributed by atoms with Gasteiger partial charge in [0.2, 0.25) is 5.91 Å². The Kier molecular flexibility index (Phi) is 8.28. The van der Waals surface area contributed by atoms with Crippen molar-refractivity contribution in [2.75, 3.05) is 16.4 Å². The first-order valence-corrected chi connectivity index (χ1v) is 12.4. The molecule has 0 radical (unpaired) electrons. The van der Waals surface area contributed by atoms with Gasteiger partial charge in [0.25, 0.3) is 0 Å². The van der Waals surface area contributed by atoms with Crippen molar-refractivity contribution in [3.63, 3.8) is 0 Å². The number of pyridine rings is 2. The lowest BCUT2D eigenvalue weighted by molar-refractivity contribution is -0.113. The number of nitrogens with one attached hydrogen (secondary N) is 3. The number of aliphatic hydroxyl groups excluding tert-OH is 1. The molecule has 2 aromatic heterocycles. The molecule has 2 amide bonds. The molecule has 2 aliphatic rings. The maximum absolute atomic E-state index is 13.3. The predicted molar refractivity (Wildman–Crippen MR) is 132 cm³/mol. The Balaban J connectivity index is 0.000000174. The van der Waals surface area contributed by atoms with E-state index in [-0.39, 0.29) is 34.6 Å². The van der Waals surface area contributed by atoms with Gasteiger partial charge < -0.3 is 20.8 Å². The zero-order valence-corrected chi connectivity index (χ0v) is 19.9. The highest BCUT2D eigenvalue weighted by Crippen LogP contribution is 2.30. The van der Waals surface area contributed by atoms with Gasteiger partial charge in [0, 0.05) is 30.2 Å². The van der Waals surface area contributed by atoms with Gasteiger partial charge in [-0.2, -0.15) is 0 Å². The number of benzene rings is 1. The van der Waals surface area contributed by atoms with Gasteiger partial charge in [-0.25, -0.2) is 18.6 Å².